The third-order valence-corrected chi connectivity index (χ3v) is 6.61. The van der Waals surface area contributed by atoms with Gasteiger partial charge in [0.05, 0.1) is 15.5 Å². The van der Waals surface area contributed by atoms with E-state index in [1.54, 1.807) is 18.2 Å². The number of nitrogens with one attached hydrogen (secondary N) is 3. The van der Waals surface area contributed by atoms with Crippen molar-refractivity contribution in [2.75, 3.05) is 5.32 Å². The lowest BCUT2D eigenvalue weighted by molar-refractivity contribution is -0.404. The summed E-state index contributed by atoms with van der Waals surface area (Å²) >= 11 is 0. The van der Waals surface area contributed by atoms with Crippen molar-refractivity contribution in [2.24, 2.45) is 0 Å². The van der Waals surface area contributed by atoms with Crippen LogP contribution in [0, 0.1) is 27.2 Å². The van der Waals surface area contributed by atoms with Gasteiger partial charge in [0.1, 0.15) is 4.90 Å². The zero-order valence-electron chi connectivity index (χ0n) is 18.0. The summed E-state index contributed by atoms with van der Waals surface area (Å²) in [5.41, 5.74) is 1.18. The summed E-state index contributed by atoms with van der Waals surface area (Å²) in [4.78, 5) is 20.5. The zero-order valence-corrected chi connectivity index (χ0v) is 18.8. The smallest absolute Gasteiger partial charge is 0.275 e. The van der Waals surface area contributed by atoms with Crippen molar-refractivity contribution in [3.05, 3.63) is 80.3 Å². The van der Waals surface area contributed by atoms with Crippen LogP contribution in [-0.2, 0) is 10.0 Å². The van der Waals surface area contributed by atoms with Crippen LogP contribution in [0.15, 0.2) is 59.4 Å². The van der Waals surface area contributed by atoms with Gasteiger partial charge in [-0.1, -0.05) is 31.4 Å². The maximum Gasteiger partial charge on any atom is 0.275 e. The SMILES string of the molecule is Cc1cccc(Nc2ccc([N+](=O)[O-])cc2S(=O)(=O)N/C(=C/[N+](=O)[O-])NC2CCCCC2)c1. The molecule has 3 N–H and O–H groups in total. The van der Waals surface area contributed by atoms with Crippen molar-refractivity contribution in [3.63, 3.8) is 0 Å². The van der Waals surface area contributed by atoms with Crippen LogP contribution in [0.2, 0.25) is 0 Å². The average molecular weight is 476 g/mol. The monoisotopic (exact) mass is 475 g/mol. The maximum atomic E-state index is 13.2. The Labute approximate surface area is 191 Å². The van der Waals surface area contributed by atoms with Crippen LogP contribution in [0.25, 0.3) is 0 Å². The summed E-state index contributed by atoms with van der Waals surface area (Å²) < 4.78 is 28.7. The van der Waals surface area contributed by atoms with Crippen molar-refractivity contribution in [2.45, 2.75) is 50.0 Å². The maximum absolute atomic E-state index is 13.2. The number of nitro benzene ring substituents is 1. The van der Waals surface area contributed by atoms with Crippen LogP contribution in [0.3, 0.4) is 0 Å². The van der Waals surface area contributed by atoms with Gasteiger partial charge in [-0.3, -0.25) is 25.0 Å². The molecular weight excluding hydrogens is 450 g/mol. The first-order valence-electron chi connectivity index (χ1n) is 10.4. The highest BCUT2D eigenvalue weighted by molar-refractivity contribution is 7.89. The third kappa shape index (κ3) is 6.65. The van der Waals surface area contributed by atoms with Crippen molar-refractivity contribution in [3.8, 4) is 0 Å². The number of aryl methyl sites for hydroxylation is 1. The molecule has 1 saturated carbocycles. The number of anilines is 2. The van der Waals surface area contributed by atoms with Crippen LogP contribution in [0.1, 0.15) is 37.7 Å². The molecule has 0 aliphatic heterocycles. The Kier molecular flexibility index (Phi) is 7.48. The van der Waals surface area contributed by atoms with Gasteiger partial charge in [0.15, 0.2) is 5.82 Å². The molecule has 33 heavy (non-hydrogen) atoms. The Morgan fingerprint density at radius 3 is 2.42 bits per heavy atom. The predicted octanol–water partition coefficient (Wildman–Crippen LogP) is 3.92. The molecule has 0 atom stereocenters. The Morgan fingerprint density at radius 1 is 1.06 bits per heavy atom. The van der Waals surface area contributed by atoms with Crippen molar-refractivity contribution >= 4 is 27.1 Å². The summed E-state index contributed by atoms with van der Waals surface area (Å²) in [6, 6.07) is 10.4. The number of non-ortho nitro benzene ring substituents is 1. The number of benzene rings is 2. The van der Waals surface area contributed by atoms with Crippen LogP contribution < -0.4 is 15.4 Å². The largest absolute Gasteiger partial charge is 0.363 e. The van der Waals surface area contributed by atoms with Crippen LogP contribution in [0.4, 0.5) is 17.1 Å². The second-order valence-electron chi connectivity index (χ2n) is 7.84. The van der Waals surface area contributed by atoms with Crippen molar-refractivity contribution < 1.29 is 18.3 Å². The standard InChI is InChI=1S/C21H25N5O6S/c1-15-6-5-9-17(12-15)22-19-11-10-18(26(29)30)13-20(19)33(31,32)24-21(14-25(27)28)23-16-7-3-2-4-8-16/h5-6,9-14,16,22-24H,2-4,7-8H2,1H3/b21-14+. The highest BCUT2D eigenvalue weighted by atomic mass is 32.2. The fourth-order valence-electron chi connectivity index (χ4n) is 3.69. The highest BCUT2D eigenvalue weighted by Crippen LogP contribution is 2.30. The van der Waals surface area contributed by atoms with E-state index in [2.05, 4.69) is 15.4 Å². The second kappa shape index (κ2) is 10.3. The summed E-state index contributed by atoms with van der Waals surface area (Å²) in [6.45, 7) is 1.87. The average Bonchev–Trinajstić information content (AvgIpc) is 2.73. The molecule has 1 aliphatic carbocycles. The van der Waals surface area contributed by atoms with E-state index in [0.29, 0.717) is 11.9 Å². The zero-order chi connectivity index (χ0) is 24.0. The van der Waals surface area contributed by atoms with Gasteiger partial charge in [-0.2, -0.15) is 0 Å². The van der Waals surface area contributed by atoms with Gasteiger partial charge >= 0.3 is 0 Å². The fourth-order valence-corrected chi connectivity index (χ4v) is 4.89. The predicted molar refractivity (Wildman–Crippen MR) is 123 cm³/mol. The molecule has 0 aromatic heterocycles. The number of hydrogen-bond donors (Lipinski definition) is 3. The van der Waals surface area contributed by atoms with Gasteiger partial charge in [-0.25, -0.2) is 8.42 Å². The molecule has 0 unspecified atom stereocenters. The van der Waals surface area contributed by atoms with E-state index in [-0.39, 0.29) is 17.6 Å². The first-order valence-corrected chi connectivity index (χ1v) is 11.9. The number of sulfonamides is 1. The topological polar surface area (TPSA) is 157 Å². The normalized spacial score (nSPS) is 15.0. The summed E-state index contributed by atoms with van der Waals surface area (Å²) in [6.07, 6.45) is 5.00. The first kappa shape index (κ1) is 24.0. The van der Waals surface area contributed by atoms with Gasteiger partial charge in [0.25, 0.3) is 21.9 Å². The van der Waals surface area contributed by atoms with Crippen LogP contribution in [-0.4, -0.2) is 24.3 Å². The number of rotatable bonds is 9. The fraction of sp³-hybridized carbons (Fsp3) is 0.333. The van der Waals surface area contributed by atoms with Gasteiger partial charge in [0.2, 0.25) is 0 Å². The molecule has 3 rings (SSSR count). The van der Waals surface area contributed by atoms with E-state index in [1.165, 1.54) is 12.1 Å². The minimum Gasteiger partial charge on any atom is -0.363 e. The van der Waals surface area contributed by atoms with Gasteiger partial charge < -0.3 is 10.6 Å². The molecule has 1 aliphatic rings. The minimum atomic E-state index is -4.42. The van der Waals surface area contributed by atoms with Crippen molar-refractivity contribution in [1.82, 2.24) is 10.0 Å². The van der Waals surface area contributed by atoms with Crippen molar-refractivity contribution in [1.29, 1.82) is 0 Å². The highest BCUT2D eigenvalue weighted by Gasteiger charge is 2.26. The van der Waals surface area contributed by atoms with Crippen LogP contribution in [0.5, 0.6) is 0 Å². The second-order valence-corrected chi connectivity index (χ2v) is 9.50. The molecule has 1 fully saturated rings. The lowest BCUT2D eigenvalue weighted by Crippen LogP contribution is -2.39. The molecular formula is C21H25N5O6S. The van der Waals surface area contributed by atoms with Gasteiger partial charge in [0, 0.05) is 23.9 Å². The molecule has 0 radical (unpaired) electrons. The molecule has 11 nitrogen and oxygen atoms in total. The summed E-state index contributed by atoms with van der Waals surface area (Å²) in [5.74, 6) is -0.292. The van der Waals surface area contributed by atoms with Gasteiger partial charge in [-0.05, 0) is 43.5 Å². The van der Waals surface area contributed by atoms with Crippen LogP contribution >= 0.6 is 0 Å². The van der Waals surface area contributed by atoms with E-state index in [0.717, 1.165) is 43.7 Å². The molecule has 12 heteroatoms. The molecule has 0 heterocycles. The van der Waals surface area contributed by atoms with E-state index in [9.17, 15) is 28.6 Å². The van der Waals surface area contributed by atoms with E-state index >= 15 is 0 Å². The molecule has 0 spiro atoms. The first-order chi connectivity index (χ1) is 15.6. The van der Waals surface area contributed by atoms with Gasteiger partial charge in [-0.15, -0.1) is 0 Å². The Hall–Kier alpha value is -3.67. The quantitative estimate of drug-likeness (QED) is 0.364. The van der Waals surface area contributed by atoms with E-state index in [1.807, 2.05) is 13.0 Å². The lowest BCUT2D eigenvalue weighted by atomic mass is 9.96. The van der Waals surface area contributed by atoms with E-state index in [4.69, 9.17) is 0 Å². The minimum absolute atomic E-state index is 0.0943. The number of hydrogen-bond acceptors (Lipinski definition) is 8. The lowest BCUT2D eigenvalue weighted by Gasteiger charge is -2.24. The Balaban J connectivity index is 1.96. The molecule has 0 bridgehead atoms. The Morgan fingerprint density at radius 2 is 1.79 bits per heavy atom. The summed E-state index contributed by atoms with van der Waals surface area (Å²) in [5, 5.41) is 28.3. The molecule has 2 aromatic carbocycles. The molecule has 2 aromatic rings. The third-order valence-electron chi connectivity index (χ3n) is 5.21. The molecule has 0 saturated heterocycles. The summed E-state index contributed by atoms with van der Waals surface area (Å²) in [7, 11) is -4.42. The molecule has 0 amide bonds. The van der Waals surface area contributed by atoms with E-state index < -0.39 is 30.5 Å². The number of nitro groups is 2. The molecule has 176 valence electrons. The Bertz CT molecular complexity index is 1180. The number of nitrogens with zero attached hydrogens (tertiary/aromatic N) is 2.